The average Bonchev–Trinajstić information content (AvgIpc) is 2.45. The third-order valence-electron chi connectivity index (χ3n) is 3.58. The Kier molecular flexibility index (Phi) is 3.26. The Morgan fingerprint density at radius 3 is 2.85 bits per heavy atom. The second kappa shape index (κ2) is 5.08. The molecule has 2 aromatic rings. The lowest BCUT2D eigenvalue weighted by atomic mass is 9.89. The largest absolute Gasteiger partial charge is 0.493 e. The maximum absolute atomic E-state index is 13.4. The molecule has 0 fully saturated rings. The van der Waals surface area contributed by atoms with Gasteiger partial charge in [0.05, 0.1) is 12.5 Å². The number of halogens is 1. The van der Waals surface area contributed by atoms with Gasteiger partial charge in [0.2, 0.25) is 0 Å². The molecular weight excluding hydrogens is 255 g/mol. The van der Waals surface area contributed by atoms with Crippen LogP contribution in [0.15, 0.2) is 42.5 Å². The van der Waals surface area contributed by atoms with Gasteiger partial charge in [-0.15, -0.1) is 0 Å². The lowest BCUT2D eigenvalue weighted by Crippen LogP contribution is -2.28. The minimum absolute atomic E-state index is 0.0536. The predicted octanol–water partition coefficient (Wildman–Crippen LogP) is 3.57. The quantitative estimate of drug-likeness (QED) is 0.780. The highest BCUT2D eigenvalue weighted by atomic mass is 19.1. The Hall–Kier alpha value is -2.16. The molecule has 0 saturated heterocycles. The summed E-state index contributed by atoms with van der Waals surface area (Å²) in [6.07, 6.45) is 0.643. The molecule has 2 aromatic carbocycles. The summed E-state index contributed by atoms with van der Waals surface area (Å²) >= 11 is 0. The zero-order valence-electron chi connectivity index (χ0n) is 11.2. The minimum Gasteiger partial charge on any atom is -0.493 e. The number of ether oxygens (including phenoxy) is 1. The molecule has 1 aliphatic rings. The van der Waals surface area contributed by atoms with Crippen molar-refractivity contribution in [3.63, 3.8) is 0 Å². The summed E-state index contributed by atoms with van der Waals surface area (Å²) in [6, 6.07) is 12.2. The SMILES string of the molecule is Cc1cc(F)cc(C(=O)C2COc3ccccc3C2)c1. The van der Waals surface area contributed by atoms with E-state index in [0.717, 1.165) is 16.9 Å². The number of benzene rings is 2. The van der Waals surface area contributed by atoms with Crippen LogP contribution in [0.4, 0.5) is 4.39 Å². The molecule has 0 spiro atoms. The van der Waals surface area contributed by atoms with Gasteiger partial charge in [0.25, 0.3) is 0 Å². The molecule has 20 heavy (non-hydrogen) atoms. The first-order valence-electron chi connectivity index (χ1n) is 6.65. The van der Waals surface area contributed by atoms with Crippen LogP contribution in [0.25, 0.3) is 0 Å². The molecule has 3 heteroatoms. The van der Waals surface area contributed by atoms with E-state index in [-0.39, 0.29) is 17.5 Å². The van der Waals surface area contributed by atoms with E-state index >= 15 is 0 Å². The standard InChI is InChI=1S/C17H15FO2/c1-11-6-13(9-15(18)7-11)17(19)14-8-12-4-2-3-5-16(12)20-10-14/h2-7,9,14H,8,10H2,1H3. The fraction of sp³-hybridized carbons (Fsp3) is 0.235. The van der Waals surface area contributed by atoms with Crippen LogP contribution in [-0.4, -0.2) is 12.4 Å². The van der Waals surface area contributed by atoms with Crippen molar-refractivity contribution >= 4 is 5.78 Å². The smallest absolute Gasteiger partial charge is 0.169 e. The molecule has 0 aromatic heterocycles. The highest BCUT2D eigenvalue weighted by Crippen LogP contribution is 2.28. The number of hydrogen-bond acceptors (Lipinski definition) is 2. The summed E-state index contributed by atoms with van der Waals surface area (Å²) in [7, 11) is 0. The van der Waals surface area contributed by atoms with Crippen molar-refractivity contribution in [1.82, 2.24) is 0 Å². The van der Waals surface area contributed by atoms with Crippen LogP contribution in [-0.2, 0) is 6.42 Å². The molecule has 1 atom stereocenters. The van der Waals surface area contributed by atoms with Crippen LogP contribution in [0.2, 0.25) is 0 Å². The molecule has 0 N–H and O–H groups in total. The summed E-state index contributed by atoms with van der Waals surface area (Å²) in [5, 5.41) is 0. The Bertz CT molecular complexity index is 644. The van der Waals surface area contributed by atoms with E-state index in [1.165, 1.54) is 12.1 Å². The molecule has 2 nitrogen and oxygen atoms in total. The molecule has 1 unspecified atom stereocenters. The normalized spacial score (nSPS) is 17.2. The second-order valence-electron chi connectivity index (χ2n) is 5.20. The molecule has 1 aliphatic heterocycles. The van der Waals surface area contributed by atoms with Gasteiger partial charge in [-0.05, 0) is 48.7 Å². The topological polar surface area (TPSA) is 26.3 Å². The zero-order chi connectivity index (χ0) is 14.1. The summed E-state index contributed by atoms with van der Waals surface area (Å²) in [4.78, 5) is 12.5. The highest BCUT2D eigenvalue weighted by molar-refractivity contribution is 5.98. The number of rotatable bonds is 2. The lowest BCUT2D eigenvalue weighted by molar-refractivity contribution is 0.0854. The van der Waals surface area contributed by atoms with Crippen LogP contribution in [0.1, 0.15) is 21.5 Å². The van der Waals surface area contributed by atoms with E-state index in [1.54, 1.807) is 13.0 Å². The molecule has 102 valence electrons. The Morgan fingerprint density at radius 2 is 2.05 bits per heavy atom. The third kappa shape index (κ3) is 2.44. The van der Waals surface area contributed by atoms with Gasteiger partial charge < -0.3 is 4.74 Å². The van der Waals surface area contributed by atoms with Crippen molar-refractivity contribution in [2.75, 3.05) is 6.61 Å². The van der Waals surface area contributed by atoms with Crippen molar-refractivity contribution < 1.29 is 13.9 Å². The lowest BCUT2D eigenvalue weighted by Gasteiger charge is -2.24. The minimum atomic E-state index is -0.370. The Labute approximate surface area is 117 Å². The molecule has 0 saturated carbocycles. The van der Waals surface area contributed by atoms with E-state index in [4.69, 9.17) is 4.74 Å². The molecular formula is C17H15FO2. The van der Waals surface area contributed by atoms with E-state index in [0.29, 0.717) is 18.6 Å². The second-order valence-corrected chi connectivity index (χ2v) is 5.20. The number of carbonyl (C=O) groups is 1. The summed E-state index contributed by atoms with van der Waals surface area (Å²) in [5.41, 5.74) is 2.21. The van der Waals surface area contributed by atoms with Crippen molar-refractivity contribution in [3.05, 3.63) is 65.0 Å². The number of aryl methyl sites for hydroxylation is 1. The van der Waals surface area contributed by atoms with Gasteiger partial charge in [0.15, 0.2) is 5.78 Å². The van der Waals surface area contributed by atoms with Crippen LogP contribution in [0.5, 0.6) is 5.75 Å². The Balaban J connectivity index is 1.86. The van der Waals surface area contributed by atoms with Gasteiger partial charge in [-0.25, -0.2) is 4.39 Å². The number of carbonyl (C=O) groups excluding carboxylic acids is 1. The van der Waals surface area contributed by atoms with Crippen molar-refractivity contribution in [3.8, 4) is 5.75 Å². The van der Waals surface area contributed by atoms with E-state index < -0.39 is 0 Å². The van der Waals surface area contributed by atoms with E-state index in [1.807, 2.05) is 24.3 Å². The average molecular weight is 270 g/mol. The summed E-state index contributed by atoms with van der Waals surface area (Å²) < 4.78 is 19.0. The maximum atomic E-state index is 13.4. The van der Waals surface area contributed by atoms with E-state index in [2.05, 4.69) is 0 Å². The molecule has 1 heterocycles. The number of ketones is 1. The monoisotopic (exact) mass is 270 g/mol. The van der Waals surface area contributed by atoms with Crippen LogP contribution in [0, 0.1) is 18.7 Å². The number of Topliss-reactive ketones (excluding diaryl/α,β-unsaturated/α-hetero) is 1. The highest BCUT2D eigenvalue weighted by Gasteiger charge is 2.26. The van der Waals surface area contributed by atoms with Crippen LogP contribution < -0.4 is 4.74 Å². The van der Waals surface area contributed by atoms with Crippen molar-refractivity contribution in [1.29, 1.82) is 0 Å². The van der Waals surface area contributed by atoms with Crippen LogP contribution >= 0.6 is 0 Å². The number of fused-ring (bicyclic) bond motifs is 1. The van der Waals surface area contributed by atoms with Crippen molar-refractivity contribution in [2.24, 2.45) is 5.92 Å². The molecule has 0 radical (unpaired) electrons. The fourth-order valence-electron chi connectivity index (χ4n) is 2.61. The molecule has 0 bridgehead atoms. The summed E-state index contributed by atoms with van der Waals surface area (Å²) in [5.74, 6) is 0.172. The van der Waals surface area contributed by atoms with Gasteiger partial charge in [0, 0.05) is 5.56 Å². The molecule has 0 amide bonds. The first-order valence-corrected chi connectivity index (χ1v) is 6.65. The van der Waals surface area contributed by atoms with Crippen LogP contribution in [0.3, 0.4) is 0 Å². The first-order chi connectivity index (χ1) is 9.63. The summed E-state index contributed by atoms with van der Waals surface area (Å²) in [6.45, 7) is 2.14. The van der Waals surface area contributed by atoms with Gasteiger partial charge >= 0.3 is 0 Å². The van der Waals surface area contributed by atoms with Gasteiger partial charge in [0.1, 0.15) is 11.6 Å². The molecule has 3 rings (SSSR count). The maximum Gasteiger partial charge on any atom is 0.169 e. The fourth-order valence-corrected chi connectivity index (χ4v) is 2.61. The van der Waals surface area contributed by atoms with Crippen molar-refractivity contribution in [2.45, 2.75) is 13.3 Å². The number of para-hydroxylation sites is 1. The van der Waals surface area contributed by atoms with Gasteiger partial charge in [-0.2, -0.15) is 0 Å². The molecule has 0 aliphatic carbocycles. The third-order valence-corrected chi connectivity index (χ3v) is 3.58. The first kappa shape index (κ1) is 12.9. The number of hydrogen-bond donors (Lipinski definition) is 0. The zero-order valence-corrected chi connectivity index (χ0v) is 11.2. The van der Waals surface area contributed by atoms with E-state index in [9.17, 15) is 9.18 Å². The Morgan fingerprint density at radius 1 is 1.25 bits per heavy atom. The van der Waals surface area contributed by atoms with Gasteiger partial charge in [-0.3, -0.25) is 4.79 Å². The van der Waals surface area contributed by atoms with Gasteiger partial charge in [-0.1, -0.05) is 18.2 Å². The predicted molar refractivity (Wildman–Crippen MR) is 74.6 cm³/mol.